The van der Waals surface area contributed by atoms with Crippen molar-refractivity contribution in [3.05, 3.63) is 18.5 Å². The van der Waals surface area contributed by atoms with Gasteiger partial charge in [0.15, 0.2) is 0 Å². The molecule has 88 valence electrons. The van der Waals surface area contributed by atoms with Crippen LogP contribution in [0.5, 0.6) is 0 Å². The van der Waals surface area contributed by atoms with Gasteiger partial charge in [0.2, 0.25) is 11.8 Å². The average molecular weight is 224 g/mol. The average Bonchev–Trinajstić information content (AvgIpc) is 2.77. The molecule has 16 heavy (non-hydrogen) atoms. The highest BCUT2D eigenvalue weighted by Crippen LogP contribution is 2.02. The number of amides is 2. The van der Waals surface area contributed by atoms with Gasteiger partial charge in [0.25, 0.3) is 0 Å². The van der Waals surface area contributed by atoms with Crippen molar-refractivity contribution in [2.24, 2.45) is 0 Å². The Balaban J connectivity index is 2.44. The van der Waals surface area contributed by atoms with Gasteiger partial charge in [-0.25, -0.2) is 0 Å². The fourth-order valence-electron chi connectivity index (χ4n) is 1.10. The van der Waals surface area contributed by atoms with Gasteiger partial charge in [0, 0.05) is 26.5 Å². The second kappa shape index (κ2) is 5.29. The Morgan fingerprint density at radius 3 is 2.69 bits per heavy atom. The zero-order chi connectivity index (χ0) is 12.1. The summed E-state index contributed by atoms with van der Waals surface area (Å²) in [6.07, 6.45) is 3.31. The normalized spacial score (nSPS) is 11.9. The summed E-state index contributed by atoms with van der Waals surface area (Å²) < 4.78 is 1.54. The summed E-state index contributed by atoms with van der Waals surface area (Å²) in [5.41, 5.74) is 0. The fourth-order valence-corrected chi connectivity index (χ4v) is 1.10. The molecule has 6 heteroatoms. The van der Waals surface area contributed by atoms with Crippen LogP contribution in [-0.4, -0.2) is 47.1 Å². The lowest BCUT2D eigenvalue weighted by Crippen LogP contribution is -2.39. The molecule has 0 fully saturated rings. The summed E-state index contributed by atoms with van der Waals surface area (Å²) in [4.78, 5) is 24.3. The molecule has 0 aliphatic carbocycles. The first-order chi connectivity index (χ1) is 7.52. The minimum atomic E-state index is -0.412. The predicted octanol–water partition coefficient (Wildman–Crippen LogP) is -0.351. The maximum Gasteiger partial charge on any atom is 0.245 e. The minimum Gasteiger partial charge on any atom is -0.347 e. The number of aromatic nitrogens is 2. The first kappa shape index (κ1) is 12.2. The van der Waals surface area contributed by atoms with Crippen molar-refractivity contribution in [1.82, 2.24) is 20.0 Å². The Labute approximate surface area is 94.2 Å². The second-order valence-electron chi connectivity index (χ2n) is 3.67. The van der Waals surface area contributed by atoms with Gasteiger partial charge >= 0.3 is 0 Å². The Hall–Kier alpha value is -1.85. The largest absolute Gasteiger partial charge is 0.347 e. The van der Waals surface area contributed by atoms with Gasteiger partial charge in [0.05, 0.1) is 6.54 Å². The van der Waals surface area contributed by atoms with Crippen LogP contribution in [0.4, 0.5) is 0 Å². The number of nitrogens with zero attached hydrogens (tertiary/aromatic N) is 3. The van der Waals surface area contributed by atoms with Crippen LogP contribution in [0.2, 0.25) is 0 Å². The van der Waals surface area contributed by atoms with Crippen molar-refractivity contribution < 1.29 is 9.59 Å². The van der Waals surface area contributed by atoms with Crippen molar-refractivity contribution in [1.29, 1.82) is 0 Å². The van der Waals surface area contributed by atoms with E-state index in [2.05, 4.69) is 10.4 Å². The van der Waals surface area contributed by atoms with Crippen molar-refractivity contribution in [3.8, 4) is 0 Å². The molecule has 1 rings (SSSR count). The zero-order valence-electron chi connectivity index (χ0n) is 9.67. The molecule has 1 atom stereocenters. The first-order valence-corrected chi connectivity index (χ1v) is 4.99. The van der Waals surface area contributed by atoms with Gasteiger partial charge in [-0.15, -0.1) is 0 Å². The number of hydrogen-bond donors (Lipinski definition) is 1. The molecule has 0 unspecified atom stereocenters. The lowest BCUT2D eigenvalue weighted by atomic mass is 10.3. The molecule has 0 saturated carbocycles. The Kier molecular flexibility index (Phi) is 4.04. The molecule has 1 N–H and O–H groups in total. The molecule has 0 radical (unpaired) electrons. The lowest BCUT2D eigenvalue weighted by molar-refractivity contribution is -0.131. The molecule has 0 spiro atoms. The van der Waals surface area contributed by atoms with E-state index in [9.17, 15) is 9.59 Å². The molecule has 6 nitrogen and oxygen atoms in total. The standard InChI is InChI=1S/C10H16N4O2/c1-8(14-6-4-5-12-14)10(16)11-7-9(15)13(2)3/h4-6,8H,7H2,1-3H3,(H,11,16)/t8-/m1/s1. The number of carbonyl (C=O) groups excluding carboxylic acids is 2. The van der Waals surface area contributed by atoms with E-state index in [0.29, 0.717) is 0 Å². The Morgan fingerprint density at radius 2 is 2.19 bits per heavy atom. The highest BCUT2D eigenvalue weighted by atomic mass is 16.2. The Bertz CT molecular complexity index is 359. The SMILES string of the molecule is C[C@H](C(=O)NCC(=O)N(C)C)n1cccn1. The summed E-state index contributed by atoms with van der Waals surface area (Å²) in [5, 5.41) is 6.52. The van der Waals surface area contributed by atoms with E-state index >= 15 is 0 Å². The van der Waals surface area contributed by atoms with Crippen molar-refractivity contribution in [2.45, 2.75) is 13.0 Å². The van der Waals surface area contributed by atoms with Crippen LogP contribution in [0.1, 0.15) is 13.0 Å². The molecule has 0 aliphatic heterocycles. The molecule has 1 heterocycles. The van der Waals surface area contributed by atoms with E-state index < -0.39 is 6.04 Å². The third-order valence-corrected chi connectivity index (χ3v) is 2.21. The highest BCUT2D eigenvalue weighted by Gasteiger charge is 2.15. The van der Waals surface area contributed by atoms with E-state index in [1.165, 1.54) is 9.58 Å². The predicted molar refractivity (Wildman–Crippen MR) is 58.6 cm³/mol. The van der Waals surface area contributed by atoms with Crippen LogP contribution >= 0.6 is 0 Å². The molecule has 2 amide bonds. The summed E-state index contributed by atoms with van der Waals surface area (Å²) in [6, 6.07) is 1.33. The van der Waals surface area contributed by atoms with Crippen LogP contribution in [0.15, 0.2) is 18.5 Å². The summed E-state index contributed by atoms with van der Waals surface area (Å²) in [6.45, 7) is 1.74. The zero-order valence-corrected chi connectivity index (χ0v) is 9.67. The van der Waals surface area contributed by atoms with Crippen molar-refractivity contribution in [3.63, 3.8) is 0 Å². The molecule has 0 aliphatic rings. The molecule has 0 aromatic carbocycles. The van der Waals surface area contributed by atoms with E-state index in [-0.39, 0.29) is 18.4 Å². The molecule has 0 bridgehead atoms. The topological polar surface area (TPSA) is 67.2 Å². The van der Waals surface area contributed by atoms with Crippen LogP contribution in [0.3, 0.4) is 0 Å². The molecular weight excluding hydrogens is 208 g/mol. The number of carbonyl (C=O) groups is 2. The van der Waals surface area contributed by atoms with Crippen LogP contribution in [-0.2, 0) is 9.59 Å². The van der Waals surface area contributed by atoms with Gasteiger partial charge in [-0.05, 0) is 13.0 Å². The van der Waals surface area contributed by atoms with Gasteiger partial charge < -0.3 is 10.2 Å². The highest BCUT2D eigenvalue weighted by molar-refractivity contribution is 5.86. The first-order valence-electron chi connectivity index (χ1n) is 4.99. The van der Waals surface area contributed by atoms with Gasteiger partial charge in [-0.2, -0.15) is 5.10 Å². The van der Waals surface area contributed by atoms with Crippen molar-refractivity contribution >= 4 is 11.8 Å². The fraction of sp³-hybridized carbons (Fsp3) is 0.500. The monoisotopic (exact) mass is 224 g/mol. The van der Waals surface area contributed by atoms with Crippen LogP contribution in [0.25, 0.3) is 0 Å². The summed E-state index contributed by atoms with van der Waals surface area (Å²) in [5.74, 6) is -0.361. The lowest BCUT2D eigenvalue weighted by Gasteiger charge is -2.14. The van der Waals surface area contributed by atoms with Crippen LogP contribution < -0.4 is 5.32 Å². The van der Waals surface area contributed by atoms with E-state index in [4.69, 9.17) is 0 Å². The summed E-state index contributed by atoms with van der Waals surface area (Å²) in [7, 11) is 3.29. The number of nitrogens with one attached hydrogen (secondary N) is 1. The third kappa shape index (κ3) is 3.08. The Morgan fingerprint density at radius 1 is 1.50 bits per heavy atom. The molecular formula is C10H16N4O2. The van der Waals surface area contributed by atoms with E-state index in [1.807, 2.05) is 0 Å². The van der Waals surface area contributed by atoms with Gasteiger partial charge in [-0.1, -0.05) is 0 Å². The van der Waals surface area contributed by atoms with Crippen LogP contribution in [0, 0.1) is 0 Å². The van der Waals surface area contributed by atoms with E-state index in [1.54, 1.807) is 39.5 Å². The maximum atomic E-state index is 11.6. The maximum absolute atomic E-state index is 11.6. The quantitative estimate of drug-likeness (QED) is 0.760. The minimum absolute atomic E-state index is 0.0114. The summed E-state index contributed by atoms with van der Waals surface area (Å²) >= 11 is 0. The number of likely N-dealkylation sites (N-methyl/N-ethyl adjacent to an activating group) is 1. The van der Waals surface area contributed by atoms with E-state index in [0.717, 1.165) is 0 Å². The third-order valence-electron chi connectivity index (χ3n) is 2.21. The van der Waals surface area contributed by atoms with Crippen molar-refractivity contribution in [2.75, 3.05) is 20.6 Å². The molecule has 0 saturated heterocycles. The smallest absolute Gasteiger partial charge is 0.245 e. The molecule has 1 aromatic heterocycles. The second-order valence-corrected chi connectivity index (χ2v) is 3.67. The molecule has 1 aromatic rings. The van der Waals surface area contributed by atoms with Gasteiger partial charge in [0.1, 0.15) is 6.04 Å². The number of rotatable bonds is 4. The van der Waals surface area contributed by atoms with Gasteiger partial charge in [-0.3, -0.25) is 14.3 Å². The number of hydrogen-bond acceptors (Lipinski definition) is 3.